The lowest BCUT2D eigenvalue weighted by molar-refractivity contribution is 0.0917. The molecule has 6 bridgehead atoms. The summed E-state index contributed by atoms with van der Waals surface area (Å²) < 4.78 is 16.7. The second kappa shape index (κ2) is 18.8. The molecular formula is C24H36Cl3N15O6. The van der Waals surface area contributed by atoms with Crippen LogP contribution in [0.3, 0.4) is 0 Å². The van der Waals surface area contributed by atoms with E-state index in [0.717, 1.165) is 18.8 Å². The fourth-order valence-corrected chi connectivity index (χ4v) is 4.09. The molecular weight excluding hydrogens is 701 g/mol. The summed E-state index contributed by atoms with van der Waals surface area (Å²) in [6, 6.07) is -2.69. The fourth-order valence-electron chi connectivity index (χ4n) is 4.09. The summed E-state index contributed by atoms with van der Waals surface area (Å²) in [5, 5.41) is 8.17. The Bertz CT molecular complexity index is 1420. The molecule has 24 heteroatoms. The van der Waals surface area contributed by atoms with Crippen LogP contribution >= 0.6 is 37.2 Å². The summed E-state index contributed by atoms with van der Waals surface area (Å²) in [5.74, 6) is -2.56. The smallest absolute Gasteiger partial charge is 0.273 e. The van der Waals surface area contributed by atoms with E-state index < -0.39 is 35.8 Å². The third-order valence-corrected chi connectivity index (χ3v) is 6.21. The first-order valence-electron chi connectivity index (χ1n) is 13.4. The number of nitrogens with two attached hydrogens (primary N) is 6. The zero-order valence-electron chi connectivity index (χ0n) is 25.0. The molecule has 3 aromatic heterocycles. The van der Waals surface area contributed by atoms with Crippen molar-refractivity contribution in [3.8, 4) is 0 Å². The normalized spacial score (nSPS) is 17.2. The largest absolute Gasteiger partial charge is 0.446 e. The number of aliphatic imine (C=N–C) groups is 3. The third-order valence-electron chi connectivity index (χ3n) is 6.21. The van der Waals surface area contributed by atoms with Crippen LogP contribution in [-0.4, -0.2) is 70.2 Å². The molecule has 48 heavy (non-hydrogen) atoms. The van der Waals surface area contributed by atoms with Gasteiger partial charge in [-0.1, -0.05) is 0 Å². The molecule has 21 nitrogen and oxygen atoms in total. The van der Waals surface area contributed by atoms with Gasteiger partial charge in [-0.3, -0.25) is 29.4 Å². The number of fused-ring (bicyclic) bond motifs is 6. The Morgan fingerprint density at radius 2 is 0.792 bits per heavy atom. The zero-order chi connectivity index (χ0) is 32.5. The number of halogens is 3. The van der Waals surface area contributed by atoms with E-state index in [0.29, 0.717) is 0 Å². The lowest BCUT2D eigenvalue weighted by Crippen LogP contribution is -2.32. The number of oxazole rings is 3. The molecule has 3 amide bonds. The Balaban J connectivity index is 0.00000384. The second-order valence-corrected chi connectivity index (χ2v) is 9.58. The number of hydrogen-bond donors (Lipinski definition) is 9. The number of nitrogens with zero attached hydrogens (tertiary/aromatic N) is 6. The summed E-state index contributed by atoms with van der Waals surface area (Å²) in [6.07, 6.45) is 3.72. The average molecular weight is 737 g/mol. The van der Waals surface area contributed by atoms with Crippen molar-refractivity contribution in [3.63, 3.8) is 0 Å². The number of amides is 3. The van der Waals surface area contributed by atoms with E-state index in [4.69, 9.17) is 47.7 Å². The highest BCUT2D eigenvalue weighted by Crippen LogP contribution is 2.23. The van der Waals surface area contributed by atoms with Crippen LogP contribution in [0.25, 0.3) is 0 Å². The minimum absolute atomic E-state index is 0. The Morgan fingerprint density at radius 3 is 1.02 bits per heavy atom. The first kappa shape index (κ1) is 40.7. The molecule has 0 unspecified atom stereocenters. The quantitative estimate of drug-likeness (QED) is 0.0904. The summed E-state index contributed by atoms with van der Waals surface area (Å²) in [4.78, 5) is 64.2. The van der Waals surface area contributed by atoms with Crippen LogP contribution in [0.2, 0.25) is 0 Å². The number of carbonyl (C=O) groups excluding carboxylic acids is 3. The molecule has 1 aliphatic heterocycles. The van der Waals surface area contributed by atoms with Gasteiger partial charge in [-0.25, -0.2) is 15.0 Å². The lowest BCUT2D eigenvalue weighted by Gasteiger charge is -2.15. The van der Waals surface area contributed by atoms with Crippen LogP contribution < -0.4 is 50.4 Å². The molecule has 0 spiro atoms. The van der Waals surface area contributed by atoms with Gasteiger partial charge in [-0.15, -0.1) is 37.2 Å². The maximum absolute atomic E-state index is 13.2. The van der Waals surface area contributed by atoms with Gasteiger partial charge in [-0.05, 0) is 19.3 Å². The number of aromatic nitrogens is 3. The van der Waals surface area contributed by atoms with E-state index in [1.54, 1.807) is 0 Å². The predicted octanol–water partition coefficient (Wildman–Crippen LogP) is -1.37. The zero-order valence-corrected chi connectivity index (χ0v) is 27.5. The maximum atomic E-state index is 13.2. The molecule has 0 fully saturated rings. The fraction of sp³-hybridized carbons (Fsp3) is 0.375. The van der Waals surface area contributed by atoms with E-state index in [1.807, 2.05) is 0 Å². The molecule has 3 atom stereocenters. The molecule has 264 valence electrons. The van der Waals surface area contributed by atoms with Crippen molar-refractivity contribution in [1.82, 2.24) is 30.9 Å². The Labute approximate surface area is 290 Å². The first-order chi connectivity index (χ1) is 21.5. The van der Waals surface area contributed by atoms with Crippen LogP contribution in [-0.2, 0) is 0 Å². The van der Waals surface area contributed by atoms with E-state index in [1.165, 1.54) is 0 Å². The lowest BCUT2D eigenvalue weighted by atomic mass is 10.2. The van der Waals surface area contributed by atoms with Gasteiger partial charge in [0.05, 0.1) is 0 Å². The van der Waals surface area contributed by atoms with Crippen molar-refractivity contribution in [2.75, 3.05) is 19.6 Å². The highest BCUT2D eigenvalue weighted by molar-refractivity contribution is 5.94. The van der Waals surface area contributed by atoms with Crippen LogP contribution in [0.4, 0.5) is 0 Å². The van der Waals surface area contributed by atoms with Gasteiger partial charge in [0.15, 0.2) is 35.0 Å². The van der Waals surface area contributed by atoms with Crippen LogP contribution in [0.5, 0.6) is 0 Å². The Hall–Kier alpha value is -5.28. The minimum Gasteiger partial charge on any atom is -0.446 e. The van der Waals surface area contributed by atoms with Crippen molar-refractivity contribution in [3.05, 3.63) is 53.5 Å². The summed E-state index contributed by atoms with van der Waals surface area (Å²) in [5.41, 5.74) is 32.3. The van der Waals surface area contributed by atoms with E-state index >= 15 is 0 Å². The number of rotatable bonds is 9. The van der Waals surface area contributed by atoms with Crippen molar-refractivity contribution >= 4 is 72.8 Å². The maximum Gasteiger partial charge on any atom is 0.273 e. The number of carbonyl (C=O) groups is 3. The van der Waals surface area contributed by atoms with Crippen molar-refractivity contribution in [2.45, 2.75) is 37.4 Å². The average Bonchev–Trinajstić information content (AvgIpc) is 3.75. The van der Waals surface area contributed by atoms with Crippen molar-refractivity contribution in [2.24, 2.45) is 49.4 Å². The molecule has 0 aromatic carbocycles. The first-order valence-corrected chi connectivity index (χ1v) is 13.4. The molecule has 0 saturated heterocycles. The standard InChI is InChI=1S/C24H33N15O6.3ClH/c25-22(26)31-4-1-10-19-37-14(7-43-19)17(41)35-12(3-6-33-24(29)30)21-39-15(9-45-21)18(42)36-11(2-5-32-23(27)28)20-38-13(8-44-20)16(40)34-10;;;/h7-12H,1-6H2,(H,34,40)(H,35,41)(H,36,42)(H4,25,26,31)(H4,27,28,32)(H4,29,30,33);3*1H/t10-,11-,12-;;;/m0.../s1. The van der Waals surface area contributed by atoms with Gasteiger partial charge < -0.3 is 63.6 Å². The monoisotopic (exact) mass is 735 g/mol. The molecule has 0 saturated carbocycles. The van der Waals surface area contributed by atoms with Gasteiger partial charge in [-0.2, -0.15) is 0 Å². The SMILES string of the molecule is Cl.Cl.Cl.NC(N)=NCC[C@@H]1NC(=O)c2coc(n2)[C@H](CCN=C(N)N)NC(=O)c2coc(n2)[C@H](CCN=C(N)N)NC(=O)c2coc1n2. The predicted molar refractivity (Wildman–Crippen MR) is 178 cm³/mol. The summed E-state index contributed by atoms with van der Waals surface area (Å²) >= 11 is 0. The second-order valence-electron chi connectivity index (χ2n) is 9.58. The number of guanidine groups is 3. The number of nitrogens with one attached hydrogen (secondary N) is 3. The van der Waals surface area contributed by atoms with Crippen molar-refractivity contribution < 1.29 is 27.6 Å². The molecule has 4 rings (SSSR count). The Kier molecular flexibility index (Phi) is 15.9. The van der Waals surface area contributed by atoms with Crippen LogP contribution in [0.15, 0.2) is 47.0 Å². The van der Waals surface area contributed by atoms with E-state index in [-0.39, 0.29) is 129 Å². The molecule has 0 radical (unpaired) electrons. The topological polar surface area (TPSA) is 359 Å². The van der Waals surface area contributed by atoms with Gasteiger partial charge in [0.1, 0.15) is 36.9 Å². The minimum atomic E-state index is -0.898. The molecule has 3 aromatic rings. The van der Waals surface area contributed by atoms with E-state index in [2.05, 4.69) is 45.9 Å². The molecule has 0 aliphatic carbocycles. The number of hydrogen-bond acceptors (Lipinski definition) is 12. The summed E-state index contributed by atoms with van der Waals surface area (Å²) in [7, 11) is 0. The molecule has 4 heterocycles. The van der Waals surface area contributed by atoms with E-state index in [9.17, 15) is 14.4 Å². The highest BCUT2D eigenvalue weighted by atomic mass is 35.5. The van der Waals surface area contributed by atoms with Gasteiger partial charge in [0.2, 0.25) is 17.7 Å². The van der Waals surface area contributed by atoms with Crippen molar-refractivity contribution in [1.29, 1.82) is 0 Å². The molecule has 15 N–H and O–H groups in total. The third kappa shape index (κ3) is 11.2. The van der Waals surface area contributed by atoms with Crippen LogP contribution in [0, 0.1) is 0 Å². The highest BCUT2D eigenvalue weighted by Gasteiger charge is 2.29. The van der Waals surface area contributed by atoms with Gasteiger partial charge in [0.25, 0.3) is 17.7 Å². The molecule has 1 aliphatic rings. The Morgan fingerprint density at radius 1 is 0.542 bits per heavy atom. The summed E-state index contributed by atoms with van der Waals surface area (Å²) in [6.45, 7) is 0.249. The van der Waals surface area contributed by atoms with Gasteiger partial charge in [0, 0.05) is 19.6 Å². The van der Waals surface area contributed by atoms with Crippen LogP contribution in [0.1, 0.15) is 86.5 Å². The van der Waals surface area contributed by atoms with Gasteiger partial charge >= 0.3 is 0 Å².